The molecular weight excluding hydrogens is 316 g/mol. The van der Waals surface area contributed by atoms with Gasteiger partial charge in [-0.1, -0.05) is 0 Å². The Kier molecular flexibility index (Phi) is 3.30. The highest BCUT2D eigenvalue weighted by atomic mass is 32.2. The lowest BCUT2D eigenvalue weighted by Gasteiger charge is -2.26. The maximum absolute atomic E-state index is 12.7. The van der Waals surface area contributed by atoms with Crippen LogP contribution in [0.3, 0.4) is 0 Å². The minimum absolute atomic E-state index is 0.0197. The van der Waals surface area contributed by atoms with Crippen molar-refractivity contribution < 1.29 is 18.3 Å². The largest absolute Gasteiger partial charge is 0.477 e. The summed E-state index contributed by atoms with van der Waals surface area (Å²) in [6.07, 6.45) is 1.57. The highest BCUT2D eigenvalue weighted by Gasteiger charge is 2.32. The van der Waals surface area contributed by atoms with Crippen molar-refractivity contribution in [1.29, 1.82) is 0 Å². The lowest BCUT2D eigenvalue weighted by molar-refractivity contribution is 0.0702. The van der Waals surface area contributed by atoms with E-state index < -0.39 is 16.0 Å². The molecule has 0 bridgehead atoms. The lowest BCUT2D eigenvalue weighted by atomic mass is 10.4. The summed E-state index contributed by atoms with van der Waals surface area (Å²) in [6, 6.07) is 1.22. The fourth-order valence-corrected chi connectivity index (χ4v) is 5.00. The van der Waals surface area contributed by atoms with E-state index in [1.54, 1.807) is 17.8 Å². The van der Waals surface area contributed by atoms with Gasteiger partial charge in [0.2, 0.25) is 10.0 Å². The molecule has 0 aliphatic carbocycles. The Morgan fingerprint density at radius 1 is 1.43 bits per heavy atom. The van der Waals surface area contributed by atoms with Gasteiger partial charge < -0.3 is 9.67 Å². The molecule has 8 nitrogen and oxygen atoms in total. The molecular formula is C11H12N4O4S2. The second-order valence-corrected chi connectivity index (χ2v) is 7.78. The third-order valence-electron chi connectivity index (χ3n) is 3.30. The van der Waals surface area contributed by atoms with Crippen LogP contribution in [-0.2, 0) is 23.1 Å². The van der Waals surface area contributed by atoms with Crippen molar-refractivity contribution in [3.63, 3.8) is 0 Å². The SMILES string of the molecule is Cc1sc(C(=O)O)cc1S(=O)(=O)N1CCn2cnnc2C1. The average molecular weight is 328 g/mol. The summed E-state index contributed by atoms with van der Waals surface area (Å²) in [5.41, 5.74) is 0. The van der Waals surface area contributed by atoms with Crippen molar-refractivity contribution in [2.24, 2.45) is 0 Å². The van der Waals surface area contributed by atoms with Gasteiger partial charge in [0.1, 0.15) is 17.0 Å². The van der Waals surface area contributed by atoms with E-state index in [2.05, 4.69) is 10.2 Å². The normalized spacial score (nSPS) is 15.9. The molecule has 2 aromatic heterocycles. The van der Waals surface area contributed by atoms with Crippen LogP contribution in [0.4, 0.5) is 0 Å². The zero-order valence-electron chi connectivity index (χ0n) is 11.1. The van der Waals surface area contributed by atoms with E-state index in [-0.39, 0.29) is 16.3 Å². The summed E-state index contributed by atoms with van der Waals surface area (Å²) in [4.78, 5) is 11.5. The van der Waals surface area contributed by atoms with Crippen LogP contribution in [0, 0.1) is 6.92 Å². The third kappa shape index (κ3) is 2.34. The van der Waals surface area contributed by atoms with E-state index in [0.29, 0.717) is 23.8 Å². The molecule has 1 N–H and O–H groups in total. The molecule has 0 fully saturated rings. The average Bonchev–Trinajstić information content (AvgIpc) is 3.03. The summed E-state index contributed by atoms with van der Waals surface area (Å²) in [6.45, 7) is 2.54. The van der Waals surface area contributed by atoms with Gasteiger partial charge in [0.15, 0.2) is 0 Å². The van der Waals surface area contributed by atoms with E-state index in [0.717, 1.165) is 11.3 Å². The van der Waals surface area contributed by atoms with Crippen molar-refractivity contribution in [2.75, 3.05) is 6.54 Å². The zero-order valence-corrected chi connectivity index (χ0v) is 12.7. The summed E-state index contributed by atoms with van der Waals surface area (Å²) in [7, 11) is -3.73. The van der Waals surface area contributed by atoms with E-state index >= 15 is 0 Å². The number of aromatic nitrogens is 3. The molecule has 0 unspecified atom stereocenters. The summed E-state index contributed by atoms with van der Waals surface area (Å²) in [5, 5.41) is 16.6. The van der Waals surface area contributed by atoms with Gasteiger partial charge >= 0.3 is 5.97 Å². The van der Waals surface area contributed by atoms with Crippen LogP contribution in [-0.4, -0.2) is 45.1 Å². The first-order valence-electron chi connectivity index (χ1n) is 6.10. The molecule has 0 saturated heterocycles. The molecule has 2 aromatic rings. The number of thiophene rings is 1. The maximum atomic E-state index is 12.7. The maximum Gasteiger partial charge on any atom is 0.345 e. The van der Waals surface area contributed by atoms with Gasteiger partial charge in [-0.3, -0.25) is 0 Å². The van der Waals surface area contributed by atoms with Gasteiger partial charge in [-0.15, -0.1) is 21.5 Å². The van der Waals surface area contributed by atoms with Crippen molar-refractivity contribution >= 4 is 27.3 Å². The molecule has 0 aromatic carbocycles. The molecule has 1 aliphatic heterocycles. The topological polar surface area (TPSA) is 105 Å². The van der Waals surface area contributed by atoms with Gasteiger partial charge in [-0.2, -0.15) is 4.31 Å². The number of carboxylic acids is 1. The first kappa shape index (κ1) is 14.2. The fourth-order valence-electron chi connectivity index (χ4n) is 2.22. The van der Waals surface area contributed by atoms with Gasteiger partial charge in [0, 0.05) is 18.0 Å². The molecule has 0 spiro atoms. The molecule has 0 amide bonds. The third-order valence-corrected chi connectivity index (χ3v) is 6.44. The van der Waals surface area contributed by atoms with E-state index in [1.807, 2.05) is 0 Å². The van der Waals surface area contributed by atoms with Crippen LogP contribution in [0.25, 0.3) is 0 Å². The van der Waals surface area contributed by atoms with E-state index in [9.17, 15) is 13.2 Å². The Hall–Kier alpha value is -1.78. The molecule has 21 heavy (non-hydrogen) atoms. The number of hydrogen-bond acceptors (Lipinski definition) is 6. The number of aryl methyl sites for hydroxylation is 1. The van der Waals surface area contributed by atoms with Gasteiger partial charge in [-0.05, 0) is 13.0 Å². The van der Waals surface area contributed by atoms with Crippen LogP contribution in [0.15, 0.2) is 17.3 Å². The number of hydrogen-bond donors (Lipinski definition) is 1. The highest BCUT2D eigenvalue weighted by Crippen LogP contribution is 2.29. The second-order valence-electron chi connectivity index (χ2n) is 4.62. The second kappa shape index (κ2) is 4.90. The predicted octanol–water partition coefficient (Wildman–Crippen LogP) is 0.551. The zero-order chi connectivity index (χ0) is 15.2. The fraction of sp³-hybridized carbons (Fsp3) is 0.364. The van der Waals surface area contributed by atoms with Crippen molar-refractivity contribution in [1.82, 2.24) is 19.1 Å². The Labute approximate surface area is 124 Å². The Morgan fingerprint density at radius 3 is 2.86 bits per heavy atom. The molecule has 0 radical (unpaired) electrons. The monoisotopic (exact) mass is 328 g/mol. The van der Waals surface area contributed by atoms with Gasteiger partial charge in [0.05, 0.1) is 11.4 Å². The Morgan fingerprint density at radius 2 is 2.19 bits per heavy atom. The van der Waals surface area contributed by atoms with Crippen LogP contribution >= 0.6 is 11.3 Å². The molecule has 112 valence electrons. The number of rotatable bonds is 3. The van der Waals surface area contributed by atoms with Crippen LogP contribution < -0.4 is 0 Å². The van der Waals surface area contributed by atoms with Crippen LogP contribution in [0.1, 0.15) is 20.4 Å². The summed E-state index contributed by atoms with van der Waals surface area (Å²) < 4.78 is 28.4. The molecule has 0 atom stereocenters. The smallest absolute Gasteiger partial charge is 0.345 e. The van der Waals surface area contributed by atoms with Gasteiger partial charge in [-0.25, -0.2) is 13.2 Å². The number of nitrogens with zero attached hydrogens (tertiary/aromatic N) is 4. The van der Waals surface area contributed by atoms with Crippen LogP contribution in [0.2, 0.25) is 0 Å². The quantitative estimate of drug-likeness (QED) is 0.882. The number of carbonyl (C=O) groups is 1. The van der Waals surface area contributed by atoms with Gasteiger partial charge in [0.25, 0.3) is 0 Å². The molecule has 3 heterocycles. The number of carboxylic acid groups (broad SMARTS) is 1. The van der Waals surface area contributed by atoms with Crippen molar-refractivity contribution in [3.8, 4) is 0 Å². The molecule has 0 saturated carbocycles. The minimum Gasteiger partial charge on any atom is -0.477 e. The predicted molar refractivity (Wildman–Crippen MR) is 73.6 cm³/mol. The summed E-state index contributed by atoms with van der Waals surface area (Å²) >= 11 is 0.962. The molecule has 3 rings (SSSR count). The lowest BCUT2D eigenvalue weighted by Crippen LogP contribution is -2.38. The minimum atomic E-state index is -3.73. The number of aromatic carboxylic acids is 1. The van der Waals surface area contributed by atoms with E-state index in [4.69, 9.17) is 5.11 Å². The highest BCUT2D eigenvalue weighted by molar-refractivity contribution is 7.89. The molecule has 1 aliphatic rings. The molecule has 10 heteroatoms. The Bertz CT molecular complexity index is 808. The number of fused-ring (bicyclic) bond motifs is 1. The first-order valence-corrected chi connectivity index (χ1v) is 8.36. The van der Waals surface area contributed by atoms with E-state index in [1.165, 1.54) is 10.4 Å². The summed E-state index contributed by atoms with van der Waals surface area (Å²) in [5.74, 6) is -0.542. The standard InChI is InChI=1S/C11H12N4O4S2/c1-7-9(4-8(20-7)11(16)17)21(18,19)15-3-2-14-6-12-13-10(14)5-15/h4,6H,2-3,5H2,1H3,(H,16,17). The number of sulfonamides is 1. The van der Waals surface area contributed by atoms with Crippen molar-refractivity contribution in [3.05, 3.63) is 28.0 Å². The first-order chi connectivity index (χ1) is 9.89. The Balaban J connectivity index is 1.96. The van der Waals surface area contributed by atoms with Crippen LogP contribution in [0.5, 0.6) is 0 Å². The van der Waals surface area contributed by atoms with Crippen molar-refractivity contribution in [2.45, 2.75) is 24.9 Å².